The van der Waals surface area contributed by atoms with Crippen LogP contribution in [0.15, 0.2) is 42.6 Å². The highest BCUT2D eigenvalue weighted by Crippen LogP contribution is 2.22. The minimum atomic E-state index is -0.536. The number of aliphatic hydroxyl groups excluding tert-OH is 1. The van der Waals surface area contributed by atoms with Gasteiger partial charge in [-0.25, -0.2) is 0 Å². The molecule has 0 bridgehead atoms. The van der Waals surface area contributed by atoms with Crippen molar-refractivity contribution in [1.29, 1.82) is 0 Å². The second kappa shape index (κ2) is 5.19. The minimum absolute atomic E-state index is 0.536. The Hall–Kier alpha value is -1.54. The molecule has 2 rings (SSSR count). The van der Waals surface area contributed by atoms with Crippen molar-refractivity contribution in [3.8, 4) is 0 Å². The molecule has 0 saturated heterocycles. The zero-order valence-electron chi connectivity index (χ0n) is 10.4. The Morgan fingerprint density at radius 3 is 2.41 bits per heavy atom. The fourth-order valence-corrected chi connectivity index (χ4v) is 2.08. The number of rotatable bonds is 4. The van der Waals surface area contributed by atoms with Crippen molar-refractivity contribution in [2.45, 2.75) is 25.9 Å². The van der Waals surface area contributed by atoms with Crippen LogP contribution in [0.5, 0.6) is 0 Å². The first kappa shape index (κ1) is 11.9. The first-order valence-corrected chi connectivity index (χ1v) is 6.10. The van der Waals surface area contributed by atoms with Crippen LogP contribution in [0.4, 0.5) is 0 Å². The van der Waals surface area contributed by atoms with Gasteiger partial charge in [-0.3, -0.25) is 0 Å². The van der Waals surface area contributed by atoms with Crippen molar-refractivity contribution in [3.05, 3.63) is 59.4 Å². The second-order valence-corrected chi connectivity index (χ2v) is 4.44. The monoisotopic (exact) mass is 229 g/mol. The van der Waals surface area contributed by atoms with E-state index in [1.165, 1.54) is 5.56 Å². The summed E-state index contributed by atoms with van der Waals surface area (Å²) in [6, 6.07) is 12.1. The Labute approximate surface area is 103 Å². The van der Waals surface area contributed by atoms with Crippen molar-refractivity contribution in [1.82, 2.24) is 4.57 Å². The lowest BCUT2D eigenvalue weighted by atomic mass is 10.0. The first-order valence-electron chi connectivity index (χ1n) is 6.10. The lowest BCUT2D eigenvalue weighted by Crippen LogP contribution is -2.05. The molecule has 90 valence electrons. The standard InChI is InChI=1S/C15H19NO/c1-3-5-12-7-9-13(10-8-12)15(17)14-6-4-11-16(14)2/h4,6-11,15,17H,3,5H2,1-2H3. The summed E-state index contributed by atoms with van der Waals surface area (Å²) in [7, 11) is 1.95. The van der Waals surface area contributed by atoms with E-state index in [0.717, 1.165) is 24.1 Å². The van der Waals surface area contributed by atoms with Gasteiger partial charge >= 0.3 is 0 Å². The largest absolute Gasteiger partial charge is 0.382 e. The summed E-state index contributed by atoms with van der Waals surface area (Å²) in [5.41, 5.74) is 3.20. The second-order valence-electron chi connectivity index (χ2n) is 4.44. The summed E-state index contributed by atoms with van der Waals surface area (Å²) < 4.78 is 1.95. The van der Waals surface area contributed by atoms with E-state index in [1.807, 2.05) is 42.1 Å². The summed E-state index contributed by atoms with van der Waals surface area (Å²) in [6.45, 7) is 2.17. The maximum Gasteiger partial charge on any atom is 0.119 e. The zero-order valence-corrected chi connectivity index (χ0v) is 10.4. The molecule has 17 heavy (non-hydrogen) atoms. The van der Waals surface area contributed by atoms with E-state index in [9.17, 15) is 5.11 Å². The lowest BCUT2D eigenvalue weighted by Gasteiger charge is -2.13. The van der Waals surface area contributed by atoms with E-state index >= 15 is 0 Å². The van der Waals surface area contributed by atoms with Crippen LogP contribution in [0, 0.1) is 0 Å². The number of nitrogens with zero attached hydrogens (tertiary/aromatic N) is 1. The molecular weight excluding hydrogens is 210 g/mol. The van der Waals surface area contributed by atoms with Gasteiger partial charge in [0, 0.05) is 13.2 Å². The molecule has 2 nitrogen and oxygen atoms in total. The van der Waals surface area contributed by atoms with Gasteiger partial charge in [0.25, 0.3) is 0 Å². The van der Waals surface area contributed by atoms with Crippen molar-refractivity contribution < 1.29 is 5.11 Å². The van der Waals surface area contributed by atoms with Gasteiger partial charge in [0.15, 0.2) is 0 Å². The summed E-state index contributed by atoms with van der Waals surface area (Å²) in [5.74, 6) is 0. The summed E-state index contributed by atoms with van der Waals surface area (Å²) >= 11 is 0. The molecule has 0 fully saturated rings. The zero-order chi connectivity index (χ0) is 12.3. The highest BCUT2D eigenvalue weighted by Gasteiger charge is 2.12. The van der Waals surface area contributed by atoms with Gasteiger partial charge in [0.2, 0.25) is 0 Å². The molecule has 0 amide bonds. The molecule has 0 aliphatic rings. The van der Waals surface area contributed by atoms with E-state index in [4.69, 9.17) is 0 Å². The highest BCUT2D eigenvalue weighted by atomic mass is 16.3. The number of aromatic nitrogens is 1. The molecule has 1 aromatic heterocycles. The maximum absolute atomic E-state index is 10.3. The number of aliphatic hydroxyl groups is 1. The molecule has 1 N–H and O–H groups in total. The van der Waals surface area contributed by atoms with Crippen LogP contribution in [0.25, 0.3) is 0 Å². The summed E-state index contributed by atoms with van der Waals surface area (Å²) in [4.78, 5) is 0. The molecule has 2 heteroatoms. The molecule has 2 aromatic rings. The van der Waals surface area contributed by atoms with Crippen LogP contribution in [-0.4, -0.2) is 9.67 Å². The number of benzene rings is 1. The molecule has 1 aromatic carbocycles. The third kappa shape index (κ3) is 2.59. The van der Waals surface area contributed by atoms with Crippen LogP contribution < -0.4 is 0 Å². The highest BCUT2D eigenvalue weighted by molar-refractivity contribution is 5.29. The predicted molar refractivity (Wildman–Crippen MR) is 69.9 cm³/mol. The Morgan fingerprint density at radius 2 is 1.88 bits per heavy atom. The predicted octanol–water partition coefficient (Wildman–Crippen LogP) is 3.06. The average molecular weight is 229 g/mol. The van der Waals surface area contributed by atoms with E-state index in [0.29, 0.717) is 0 Å². The Bertz CT molecular complexity index is 470. The smallest absolute Gasteiger partial charge is 0.119 e. The lowest BCUT2D eigenvalue weighted by molar-refractivity contribution is 0.211. The quantitative estimate of drug-likeness (QED) is 0.856. The molecule has 0 spiro atoms. The van der Waals surface area contributed by atoms with Crippen molar-refractivity contribution in [2.24, 2.45) is 7.05 Å². The van der Waals surface area contributed by atoms with Crippen LogP contribution in [-0.2, 0) is 13.5 Å². The van der Waals surface area contributed by atoms with E-state index in [2.05, 4.69) is 19.1 Å². The Balaban J connectivity index is 2.20. The van der Waals surface area contributed by atoms with Gasteiger partial charge < -0.3 is 9.67 Å². The molecule has 1 atom stereocenters. The van der Waals surface area contributed by atoms with Gasteiger partial charge in [0.1, 0.15) is 6.10 Å². The van der Waals surface area contributed by atoms with Crippen molar-refractivity contribution >= 4 is 0 Å². The molecule has 1 heterocycles. The van der Waals surface area contributed by atoms with Crippen LogP contribution in [0.2, 0.25) is 0 Å². The van der Waals surface area contributed by atoms with Gasteiger partial charge in [0.05, 0.1) is 5.69 Å². The Morgan fingerprint density at radius 1 is 1.18 bits per heavy atom. The van der Waals surface area contributed by atoms with Gasteiger partial charge in [-0.15, -0.1) is 0 Å². The van der Waals surface area contributed by atoms with E-state index in [-0.39, 0.29) is 0 Å². The van der Waals surface area contributed by atoms with Crippen molar-refractivity contribution in [2.75, 3.05) is 0 Å². The molecular formula is C15H19NO. The van der Waals surface area contributed by atoms with Crippen molar-refractivity contribution in [3.63, 3.8) is 0 Å². The normalized spacial score (nSPS) is 12.6. The molecule has 0 radical (unpaired) electrons. The molecule has 0 aliphatic heterocycles. The van der Waals surface area contributed by atoms with E-state index < -0.39 is 6.10 Å². The van der Waals surface area contributed by atoms with Gasteiger partial charge in [-0.2, -0.15) is 0 Å². The van der Waals surface area contributed by atoms with E-state index in [1.54, 1.807) is 0 Å². The summed E-state index contributed by atoms with van der Waals surface area (Å²) in [5, 5.41) is 10.3. The van der Waals surface area contributed by atoms with Gasteiger partial charge in [-0.05, 0) is 29.7 Å². The van der Waals surface area contributed by atoms with Crippen LogP contribution in [0.1, 0.15) is 36.3 Å². The number of hydrogen-bond acceptors (Lipinski definition) is 1. The fraction of sp³-hybridized carbons (Fsp3) is 0.333. The van der Waals surface area contributed by atoms with Gasteiger partial charge in [-0.1, -0.05) is 37.6 Å². The van der Waals surface area contributed by atoms with Crippen LogP contribution >= 0.6 is 0 Å². The summed E-state index contributed by atoms with van der Waals surface area (Å²) in [6.07, 6.45) is 3.66. The maximum atomic E-state index is 10.3. The molecule has 1 unspecified atom stereocenters. The fourth-order valence-electron chi connectivity index (χ4n) is 2.08. The molecule has 0 aliphatic carbocycles. The topological polar surface area (TPSA) is 25.2 Å². The third-order valence-electron chi connectivity index (χ3n) is 3.10. The minimum Gasteiger partial charge on any atom is -0.382 e. The molecule has 0 saturated carbocycles. The first-order chi connectivity index (χ1) is 8.22. The number of aryl methyl sites for hydroxylation is 2. The van der Waals surface area contributed by atoms with Crippen LogP contribution in [0.3, 0.4) is 0 Å². The SMILES string of the molecule is CCCc1ccc(C(O)c2cccn2C)cc1. The third-order valence-corrected chi connectivity index (χ3v) is 3.10. The Kier molecular flexibility index (Phi) is 3.64. The number of hydrogen-bond donors (Lipinski definition) is 1. The average Bonchev–Trinajstić information content (AvgIpc) is 2.76.